The van der Waals surface area contributed by atoms with Crippen molar-refractivity contribution in [2.45, 2.75) is 39.8 Å². The first-order valence-electron chi connectivity index (χ1n) is 6.61. The number of benzene rings is 1. The number of hydrogen-bond acceptors (Lipinski definition) is 3. The lowest BCUT2D eigenvalue weighted by Gasteiger charge is -2.17. The van der Waals surface area contributed by atoms with E-state index in [1.54, 1.807) is 0 Å². The highest BCUT2D eigenvalue weighted by Crippen LogP contribution is 2.18. The number of ether oxygens (including phenoxy) is 1. The van der Waals surface area contributed by atoms with Crippen LogP contribution in [0.1, 0.15) is 39.3 Å². The molecule has 0 aliphatic carbocycles. The standard InChI is InChI=1S/C15H21NO4/c1-9(2)20-13-7-5-12(6-8-13)11(4)16-14(17)10(3)15(18)19/h5-11H,1-4H3,(H,16,17)(H,18,19). The normalized spacial score (nSPS) is 13.7. The van der Waals surface area contributed by atoms with Gasteiger partial charge in [0, 0.05) is 0 Å². The van der Waals surface area contributed by atoms with E-state index < -0.39 is 17.8 Å². The Morgan fingerprint density at radius 2 is 1.65 bits per heavy atom. The predicted molar refractivity (Wildman–Crippen MR) is 75.6 cm³/mol. The summed E-state index contributed by atoms with van der Waals surface area (Å²) in [5, 5.41) is 11.5. The minimum absolute atomic E-state index is 0.106. The fourth-order valence-corrected chi connectivity index (χ4v) is 1.64. The van der Waals surface area contributed by atoms with Crippen LogP contribution in [-0.4, -0.2) is 23.1 Å². The second-order valence-corrected chi connectivity index (χ2v) is 5.03. The summed E-state index contributed by atoms with van der Waals surface area (Å²) in [4.78, 5) is 22.4. The zero-order chi connectivity index (χ0) is 15.3. The maximum absolute atomic E-state index is 11.7. The number of aliphatic carboxylic acids is 1. The fourth-order valence-electron chi connectivity index (χ4n) is 1.64. The molecule has 0 fully saturated rings. The molecule has 20 heavy (non-hydrogen) atoms. The van der Waals surface area contributed by atoms with Gasteiger partial charge in [-0.25, -0.2) is 0 Å². The molecule has 1 amide bonds. The maximum Gasteiger partial charge on any atom is 0.315 e. The van der Waals surface area contributed by atoms with E-state index in [1.807, 2.05) is 45.0 Å². The lowest BCUT2D eigenvalue weighted by Crippen LogP contribution is -2.35. The average Bonchev–Trinajstić information content (AvgIpc) is 2.37. The van der Waals surface area contributed by atoms with Crippen LogP contribution in [-0.2, 0) is 9.59 Å². The van der Waals surface area contributed by atoms with Crippen LogP contribution in [0.15, 0.2) is 24.3 Å². The van der Waals surface area contributed by atoms with Crippen LogP contribution < -0.4 is 10.1 Å². The molecule has 0 saturated carbocycles. The summed E-state index contributed by atoms with van der Waals surface area (Å²) in [5.41, 5.74) is 0.895. The van der Waals surface area contributed by atoms with Crippen LogP contribution in [0.5, 0.6) is 5.75 Å². The van der Waals surface area contributed by atoms with Gasteiger partial charge in [-0.15, -0.1) is 0 Å². The lowest BCUT2D eigenvalue weighted by molar-refractivity contribution is -0.146. The molecule has 1 aromatic carbocycles. The second-order valence-electron chi connectivity index (χ2n) is 5.03. The highest BCUT2D eigenvalue weighted by atomic mass is 16.5. The first-order chi connectivity index (χ1) is 9.31. The monoisotopic (exact) mass is 279 g/mol. The lowest BCUT2D eigenvalue weighted by atomic mass is 10.1. The van der Waals surface area contributed by atoms with Crippen molar-refractivity contribution in [3.8, 4) is 5.75 Å². The summed E-state index contributed by atoms with van der Waals surface area (Å²) in [6.07, 6.45) is 0.106. The van der Waals surface area contributed by atoms with Crippen LogP contribution in [0.25, 0.3) is 0 Å². The Morgan fingerprint density at radius 3 is 2.10 bits per heavy atom. The Morgan fingerprint density at radius 1 is 1.10 bits per heavy atom. The van der Waals surface area contributed by atoms with Crippen LogP contribution in [0.2, 0.25) is 0 Å². The maximum atomic E-state index is 11.7. The van der Waals surface area contributed by atoms with E-state index in [0.717, 1.165) is 11.3 Å². The third kappa shape index (κ3) is 4.57. The molecule has 2 atom stereocenters. The van der Waals surface area contributed by atoms with Gasteiger partial charge in [-0.05, 0) is 45.4 Å². The Balaban J connectivity index is 2.66. The molecule has 1 rings (SSSR count). The van der Waals surface area contributed by atoms with Crippen molar-refractivity contribution in [3.05, 3.63) is 29.8 Å². The van der Waals surface area contributed by atoms with Gasteiger partial charge in [0.05, 0.1) is 12.1 Å². The van der Waals surface area contributed by atoms with Gasteiger partial charge < -0.3 is 15.2 Å². The molecule has 0 saturated heterocycles. The van der Waals surface area contributed by atoms with Gasteiger partial charge in [0.15, 0.2) is 0 Å². The van der Waals surface area contributed by atoms with E-state index >= 15 is 0 Å². The Bertz CT molecular complexity index is 467. The van der Waals surface area contributed by atoms with Crippen molar-refractivity contribution in [2.24, 2.45) is 5.92 Å². The first kappa shape index (κ1) is 16.0. The van der Waals surface area contributed by atoms with Crippen LogP contribution in [0.4, 0.5) is 0 Å². The molecule has 0 spiro atoms. The average molecular weight is 279 g/mol. The number of carbonyl (C=O) groups excluding carboxylic acids is 1. The summed E-state index contributed by atoms with van der Waals surface area (Å²) in [6, 6.07) is 7.12. The highest BCUT2D eigenvalue weighted by molar-refractivity contribution is 5.96. The van der Waals surface area contributed by atoms with E-state index in [9.17, 15) is 9.59 Å². The van der Waals surface area contributed by atoms with Gasteiger partial charge in [-0.2, -0.15) is 0 Å². The molecule has 0 aliphatic heterocycles. The molecule has 0 radical (unpaired) electrons. The van der Waals surface area contributed by atoms with Gasteiger partial charge >= 0.3 is 5.97 Å². The van der Waals surface area contributed by atoms with Gasteiger partial charge in [-0.1, -0.05) is 12.1 Å². The van der Waals surface area contributed by atoms with E-state index in [4.69, 9.17) is 9.84 Å². The molecule has 5 nitrogen and oxygen atoms in total. The molecule has 0 aromatic heterocycles. The molecule has 0 aliphatic rings. The SMILES string of the molecule is CC(C)Oc1ccc(C(C)NC(=O)C(C)C(=O)O)cc1. The molecular weight excluding hydrogens is 258 g/mol. The van der Waals surface area contributed by atoms with Crippen LogP contribution in [0.3, 0.4) is 0 Å². The van der Waals surface area contributed by atoms with Crippen LogP contribution >= 0.6 is 0 Å². The molecular formula is C15H21NO4. The Kier molecular flexibility index (Phi) is 5.55. The Hall–Kier alpha value is -2.04. The van der Waals surface area contributed by atoms with Crippen molar-refractivity contribution in [1.29, 1.82) is 0 Å². The van der Waals surface area contributed by atoms with Crippen molar-refractivity contribution in [3.63, 3.8) is 0 Å². The molecule has 2 N–H and O–H groups in total. The number of carboxylic acids is 1. The molecule has 5 heteroatoms. The van der Waals surface area contributed by atoms with Crippen molar-refractivity contribution >= 4 is 11.9 Å². The third-order valence-electron chi connectivity index (χ3n) is 2.87. The number of carboxylic acid groups (broad SMARTS) is 1. The molecule has 1 aromatic rings. The van der Waals surface area contributed by atoms with Gasteiger partial charge in [-0.3, -0.25) is 9.59 Å². The summed E-state index contributed by atoms with van der Waals surface area (Å²) in [6.45, 7) is 7.07. The summed E-state index contributed by atoms with van der Waals surface area (Å²) < 4.78 is 5.53. The fraction of sp³-hybridized carbons (Fsp3) is 0.467. The molecule has 0 heterocycles. The van der Waals surface area contributed by atoms with E-state index in [1.165, 1.54) is 6.92 Å². The molecule has 2 unspecified atom stereocenters. The molecule has 0 bridgehead atoms. The topological polar surface area (TPSA) is 75.6 Å². The smallest absolute Gasteiger partial charge is 0.315 e. The van der Waals surface area contributed by atoms with E-state index in [2.05, 4.69) is 5.32 Å². The summed E-state index contributed by atoms with van der Waals surface area (Å²) >= 11 is 0. The van der Waals surface area contributed by atoms with E-state index in [0.29, 0.717) is 0 Å². The third-order valence-corrected chi connectivity index (χ3v) is 2.87. The van der Waals surface area contributed by atoms with Gasteiger partial charge in [0.25, 0.3) is 0 Å². The van der Waals surface area contributed by atoms with Gasteiger partial charge in [0.2, 0.25) is 5.91 Å². The first-order valence-corrected chi connectivity index (χ1v) is 6.61. The number of carbonyl (C=O) groups is 2. The van der Waals surface area contributed by atoms with Crippen molar-refractivity contribution < 1.29 is 19.4 Å². The summed E-state index contributed by atoms with van der Waals surface area (Å²) in [7, 11) is 0. The largest absolute Gasteiger partial charge is 0.491 e. The quantitative estimate of drug-likeness (QED) is 0.784. The highest BCUT2D eigenvalue weighted by Gasteiger charge is 2.22. The molecule has 110 valence electrons. The summed E-state index contributed by atoms with van der Waals surface area (Å²) in [5.74, 6) is -1.91. The Labute approximate surface area is 118 Å². The van der Waals surface area contributed by atoms with Crippen molar-refractivity contribution in [2.75, 3.05) is 0 Å². The van der Waals surface area contributed by atoms with Gasteiger partial charge in [0.1, 0.15) is 11.7 Å². The number of hydrogen-bond donors (Lipinski definition) is 2. The van der Waals surface area contributed by atoms with E-state index in [-0.39, 0.29) is 12.1 Å². The minimum atomic E-state index is -1.13. The zero-order valence-electron chi connectivity index (χ0n) is 12.2. The zero-order valence-corrected chi connectivity index (χ0v) is 12.2. The second kappa shape index (κ2) is 6.93. The minimum Gasteiger partial charge on any atom is -0.491 e. The van der Waals surface area contributed by atoms with Crippen molar-refractivity contribution in [1.82, 2.24) is 5.32 Å². The van der Waals surface area contributed by atoms with Crippen LogP contribution in [0, 0.1) is 5.92 Å². The number of rotatable bonds is 6. The predicted octanol–water partition coefficient (Wildman–Crippen LogP) is 2.37. The number of amides is 1. The number of nitrogens with one attached hydrogen (secondary N) is 1.